The maximum absolute atomic E-state index is 13.6. The summed E-state index contributed by atoms with van der Waals surface area (Å²) >= 11 is 0. The maximum Gasteiger partial charge on any atom is 0.337 e. The minimum Gasteiger partial charge on any atom is -0.311 e. The average Bonchev–Trinajstić information content (AvgIpc) is 2.81. The molecule has 5 rings (SSSR count). The quantitative estimate of drug-likeness (QED) is 0.490. The highest BCUT2D eigenvalue weighted by molar-refractivity contribution is 5.94. The topological polar surface area (TPSA) is 77.2 Å². The first kappa shape index (κ1) is 20.9. The van der Waals surface area contributed by atoms with Crippen molar-refractivity contribution in [2.45, 2.75) is 33.2 Å². The van der Waals surface area contributed by atoms with E-state index in [4.69, 9.17) is 0 Å². The summed E-state index contributed by atoms with van der Waals surface area (Å²) in [6, 6.07) is 18.7. The van der Waals surface area contributed by atoms with Crippen LogP contribution < -0.4 is 16.1 Å². The Labute approximate surface area is 190 Å². The molecule has 2 aromatic heterocycles. The summed E-state index contributed by atoms with van der Waals surface area (Å²) in [7, 11) is 0. The minimum absolute atomic E-state index is 0.280. The van der Waals surface area contributed by atoms with Crippen LogP contribution >= 0.6 is 0 Å². The Morgan fingerprint density at radius 2 is 1.73 bits per heavy atom. The van der Waals surface area contributed by atoms with E-state index in [0.717, 1.165) is 34.2 Å². The molecule has 0 saturated heterocycles. The molecule has 0 aliphatic carbocycles. The van der Waals surface area contributed by atoms with Gasteiger partial charge in [-0.2, -0.15) is 0 Å². The van der Waals surface area contributed by atoms with Gasteiger partial charge in [-0.1, -0.05) is 36.4 Å². The fourth-order valence-corrected chi connectivity index (χ4v) is 4.64. The molecule has 0 atom stereocenters. The SMILES string of the molecule is Cc1cc(C)c2c(=O)n(CC(=O)N3CCCc4ccccc43)c(=O)n(-c3ccccc3)c2n1. The summed E-state index contributed by atoms with van der Waals surface area (Å²) in [5, 5.41) is 0.343. The molecule has 7 nitrogen and oxygen atoms in total. The van der Waals surface area contributed by atoms with E-state index in [-0.39, 0.29) is 12.5 Å². The first-order valence-electron chi connectivity index (χ1n) is 11.0. The van der Waals surface area contributed by atoms with Crippen molar-refractivity contribution in [2.24, 2.45) is 0 Å². The molecule has 0 radical (unpaired) electrons. The highest BCUT2D eigenvalue weighted by Gasteiger charge is 2.25. The van der Waals surface area contributed by atoms with Crippen molar-refractivity contribution in [3.05, 3.63) is 98.3 Å². The molecule has 0 N–H and O–H groups in total. The van der Waals surface area contributed by atoms with Gasteiger partial charge in [0.1, 0.15) is 6.54 Å². The molecule has 166 valence electrons. The van der Waals surface area contributed by atoms with Gasteiger partial charge in [0.25, 0.3) is 5.56 Å². The number of hydrogen-bond acceptors (Lipinski definition) is 4. The van der Waals surface area contributed by atoms with Gasteiger partial charge < -0.3 is 4.90 Å². The van der Waals surface area contributed by atoms with Crippen molar-refractivity contribution >= 4 is 22.6 Å². The summed E-state index contributed by atoms with van der Waals surface area (Å²) in [6.07, 6.45) is 1.74. The zero-order chi connectivity index (χ0) is 23.1. The van der Waals surface area contributed by atoms with Gasteiger partial charge in [-0.05, 0) is 62.1 Å². The van der Waals surface area contributed by atoms with Crippen molar-refractivity contribution in [3.8, 4) is 5.69 Å². The van der Waals surface area contributed by atoms with E-state index in [1.165, 1.54) is 4.57 Å². The van der Waals surface area contributed by atoms with Crippen molar-refractivity contribution < 1.29 is 4.79 Å². The highest BCUT2D eigenvalue weighted by atomic mass is 16.2. The summed E-state index contributed by atoms with van der Waals surface area (Å²) in [4.78, 5) is 46.6. The number of carbonyl (C=O) groups excluding carboxylic acids is 1. The Morgan fingerprint density at radius 1 is 1.00 bits per heavy atom. The Kier molecular flexibility index (Phi) is 5.17. The number of rotatable bonds is 3. The molecule has 0 fully saturated rings. The number of fused-ring (bicyclic) bond motifs is 2. The van der Waals surface area contributed by atoms with E-state index in [9.17, 15) is 14.4 Å². The van der Waals surface area contributed by atoms with Gasteiger partial charge in [-0.15, -0.1) is 0 Å². The Balaban J connectivity index is 1.69. The lowest BCUT2D eigenvalue weighted by atomic mass is 10.0. The van der Waals surface area contributed by atoms with Crippen molar-refractivity contribution in [1.29, 1.82) is 0 Å². The molecule has 1 aliphatic heterocycles. The Morgan fingerprint density at radius 3 is 2.52 bits per heavy atom. The van der Waals surface area contributed by atoms with Crippen molar-refractivity contribution in [1.82, 2.24) is 14.1 Å². The van der Waals surface area contributed by atoms with Gasteiger partial charge in [-0.3, -0.25) is 9.59 Å². The van der Waals surface area contributed by atoms with E-state index in [1.807, 2.05) is 62.4 Å². The number of benzene rings is 2. The number of anilines is 1. The zero-order valence-electron chi connectivity index (χ0n) is 18.6. The molecule has 0 bridgehead atoms. The highest BCUT2D eigenvalue weighted by Crippen LogP contribution is 2.27. The van der Waals surface area contributed by atoms with Gasteiger partial charge >= 0.3 is 5.69 Å². The van der Waals surface area contributed by atoms with Crippen LogP contribution in [-0.2, 0) is 17.8 Å². The lowest BCUT2D eigenvalue weighted by Gasteiger charge is -2.29. The summed E-state index contributed by atoms with van der Waals surface area (Å²) in [5.41, 5.74) is 3.20. The van der Waals surface area contributed by atoms with Crippen LogP contribution in [0.15, 0.2) is 70.3 Å². The summed E-state index contributed by atoms with van der Waals surface area (Å²) in [6.45, 7) is 3.88. The third-order valence-corrected chi connectivity index (χ3v) is 6.14. The van der Waals surface area contributed by atoms with Crippen LogP contribution in [0.5, 0.6) is 0 Å². The predicted molar refractivity (Wildman–Crippen MR) is 128 cm³/mol. The Hall–Kier alpha value is -4.00. The number of pyridine rings is 1. The Bertz CT molecular complexity index is 1500. The van der Waals surface area contributed by atoms with Gasteiger partial charge in [0.15, 0.2) is 5.65 Å². The molecule has 0 unspecified atom stereocenters. The van der Waals surface area contributed by atoms with Crippen molar-refractivity contribution in [2.75, 3.05) is 11.4 Å². The second kappa shape index (κ2) is 8.16. The third kappa shape index (κ3) is 3.55. The molecule has 3 heterocycles. The van der Waals surface area contributed by atoms with Crippen LogP contribution in [0, 0.1) is 13.8 Å². The standard InChI is InChI=1S/C26H24N4O3/c1-17-15-18(2)27-24-23(17)25(32)29(26(33)30(24)20-11-4-3-5-12-20)16-22(31)28-14-8-10-19-9-6-7-13-21(19)28/h3-7,9,11-13,15H,8,10,14,16H2,1-2H3. The molecule has 7 heteroatoms. The van der Waals surface area contributed by atoms with Crippen LogP contribution in [0.3, 0.4) is 0 Å². The fourth-order valence-electron chi connectivity index (χ4n) is 4.64. The molecular formula is C26H24N4O3. The van der Waals surface area contributed by atoms with E-state index < -0.39 is 11.2 Å². The van der Waals surface area contributed by atoms with Gasteiger partial charge in [0, 0.05) is 17.9 Å². The van der Waals surface area contributed by atoms with E-state index >= 15 is 0 Å². The van der Waals surface area contributed by atoms with Gasteiger partial charge in [0.05, 0.1) is 11.1 Å². The number of para-hydroxylation sites is 2. The van der Waals surface area contributed by atoms with E-state index in [1.54, 1.807) is 17.0 Å². The number of nitrogens with zero attached hydrogens (tertiary/aromatic N) is 4. The molecule has 0 saturated carbocycles. The number of hydrogen-bond donors (Lipinski definition) is 0. The lowest BCUT2D eigenvalue weighted by molar-refractivity contribution is -0.119. The molecular weight excluding hydrogens is 416 g/mol. The summed E-state index contributed by atoms with van der Waals surface area (Å²) < 4.78 is 2.47. The largest absolute Gasteiger partial charge is 0.337 e. The molecule has 1 amide bonds. The van der Waals surface area contributed by atoms with Crippen LogP contribution in [0.4, 0.5) is 5.69 Å². The van der Waals surface area contributed by atoms with Gasteiger partial charge in [-0.25, -0.2) is 18.9 Å². The normalized spacial score (nSPS) is 13.2. The second-order valence-corrected chi connectivity index (χ2v) is 8.40. The third-order valence-electron chi connectivity index (χ3n) is 6.14. The first-order chi connectivity index (χ1) is 16.0. The number of amides is 1. The molecule has 1 aliphatic rings. The predicted octanol–water partition coefficient (Wildman–Crippen LogP) is 3.14. The second-order valence-electron chi connectivity index (χ2n) is 8.40. The van der Waals surface area contributed by atoms with Crippen LogP contribution in [-0.4, -0.2) is 26.6 Å². The minimum atomic E-state index is -0.574. The smallest absolute Gasteiger partial charge is 0.311 e. The average molecular weight is 441 g/mol. The first-order valence-corrected chi connectivity index (χ1v) is 11.0. The molecule has 2 aromatic carbocycles. The van der Waals surface area contributed by atoms with Crippen LogP contribution in [0.2, 0.25) is 0 Å². The number of aryl methyl sites for hydroxylation is 3. The number of carbonyl (C=O) groups is 1. The molecule has 0 spiro atoms. The molecule has 33 heavy (non-hydrogen) atoms. The van der Waals surface area contributed by atoms with Crippen molar-refractivity contribution in [3.63, 3.8) is 0 Å². The number of aromatic nitrogens is 3. The monoisotopic (exact) mass is 440 g/mol. The summed E-state index contributed by atoms with van der Waals surface area (Å²) in [5.74, 6) is -0.280. The van der Waals surface area contributed by atoms with Crippen LogP contribution in [0.25, 0.3) is 16.7 Å². The van der Waals surface area contributed by atoms with E-state index in [2.05, 4.69) is 4.98 Å². The lowest BCUT2D eigenvalue weighted by Crippen LogP contribution is -2.46. The fraction of sp³-hybridized carbons (Fsp3) is 0.231. The van der Waals surface area contributed by atoms with Crippen LogP contribution in [0.1, 0.15) is 23.2 Å². The molecule has 4 aromatic rings. The van der Waals surface area contributed by atoms with E-state index in [0.29, 0.717) is 29.0 Å². The zero-order valence-corrected chi connectivity index (χ0v) is 18.6. The van der Waals surface area contributed by atoms with Gasteiger partial charge in [0.2, 0.25) is 5.91 Å². The maximum atomic E-state index is 13.6.